The first-order chi connectivity index (χ1) is 8.68. The maximum Gasteiger partial charge on any atom is 0.303 e. The molecule has 0 radical (unpaired) electrons. The number of halogens is 1. The zero-order valence-electron chi connectivity index (χ0n) is 9.32. The van der Waals surface area contributed by atoms with E-state index in [1.807, 2.05) is 0 Å². The Balaban J connectivity index is 2.18. The lowest BCUT2D eigenvalue weighted by molar-refractivity contribution is -0.137. The molecule has 7 nitrogen and oxygen atoms in total. The fraction of sp³-hybridized carbons (Fsp3) is 0.300. The predicted octanol–water partition coefficient (Wildman–Crippen LogP) is 1.25. The van der Waals surface area contributed by atoms with Gasteiger partial charge in [-0.05, 0) is 22.9 Å². The molecule has 1 N–H and O–H groups in total. The van der Waals surface area contributed by atoms with Gasteiger partial charge in [0.15, 0.2) is 5.82 Å². The lowest BCUT2D eigenvalue weighted by Gasteiger charge is -2.04. The first-order valence-corrected chi connectivity index (χ1v) is 5.64. The van der Waals surface area contributed by atoms with Crippen molar-refractivity contribution < 1.29 is 9.90 Å². The molecule has 0 aliphatic carbocycles. The summed E-state index contributed by atoms with van der Waals surface area (Å²) in [6.07, 6.45) is 3.63. The van der Waals surface area contributed by atoms with Crippen molar-refractivity contribution in [2.24, 2.45) is 0 Å². The summed E-state index contributed by atoms with van der Waals surface area (Å²) in [4.78, 5) is 14.3. The van der Waals surface area contributed by atoms with Gasteiger partial charge in [0.2, 0.25) is 0 Å². The van der Waals surface area contributed by atoms with Crippen molar-refractivity contribution in [3.05, 3.63) is 23.5 Å². The highest BCUT2D eigenvalue weighted by Gasteiger charge is 2.12. The topological polar surface area (TPSA) is 93.8 Å². The number of aliphatic carboxylic acids is 1. The molecule has 0 bridgehead atoms. The molecule has 2 rings (SSSR count). The van der Waals surface area contributed by atoms with E-state index in [0.29, 0.717) is 29.4 Å². The Hall–Kier alpha value is -2.02. The highest BCUT2D eigenvalue weighted by atomic mass is 35.5. The number of aromatic nitrogens is 5. The maximum atomic E-state index is 10.4. The zero-order valence-corrected chi connectivity index (χ0v) is 10.1. The van der Waals surface area contributed by atoms with Crippen molar-refractivity contribution in [3.63, 3.8) is 0 Å². The van der Waals surface area contributed by atoms with Crippen molar-refractivity contribution in [2.45, 2.75) is 19.4 Å². The molecule has 2 aromatic heterocycles. The summed E-state index contributed by atoms with van der Waals surface area (Å²) in [5.74, 6) is -0.334. The summed E-state index contributed by atoms with van der Waals surface area (Å²) in [6, 6.07) is 1.71. The van der Waals surface area contributed by atoms with E-state index < -0.39 is 5.97 Å². The molecular formula is C10H10ClN5O2. The molecule has 0 saturated carbocycles. The standard InChI is InChI=1S/C10H10ClN5O2/c11-8-6-12-4-3-7(8)10-13-14-15-16(10)5-1-2-9(17)18/h3-4,6H,1-2,5H2,(H,17,18). The largest absolute Gasteiger partial charge is 0.481 e. The van der Waals surface area contributed by atoms with Crippen molar-refractivity contribution >= 4 is 17.6 Å². The van der Waals surface area contributed by atoms with E-state index in [2.05, 4.69) is 20.5 Å². The molecule has 0 aromatic carbocycles. The van der Waals surface area contributed by atoms with Gasteiger partial charge < -0.3 is 5.11 Å². The monoisotopic (exact) mass is 267 g/mol. The Kier molecular flexibility index (Phi) is 3.83. The van der Waals surface area contributed by atoms with E-state index in [1.54, 1.807) is 12.3 Å². The number of hydrogen-bond donors (Lipinski definition) is 1. The number of carboxylic acid groups (broad SMARTS) is 1. The van der Waals surface area contributed by atoms with Crippen LogP contribution < -0.4 is 0 Å². The first kappa shape index (κ1) is 12.4. The second-order valence-corrected chi connectivity index (χ2v) is 3.99. The Morgan fingerprint density at radius 1 is 1.50 bits per heavy atom. The third-order valence-electron chi connectivity index (χ3n) is 2.31. The van der Waals surface area contributed by atoms with Crippen LogP contribution in [0, 0.1) is 0 Å². The molecule has 0 fully saturated rings. The number of hydrogen-bond acceptors (Lipinski definition) is 5. The van der Waals surface area contributed by atoms with Gasteiger partial charge in [-0.1, -0.05) is 11.6 Å². The van der Waals surface area contributed by atoms with Gasteiger partial charge in [0.05, 0.1) is 5.02 Å². The summed E-state index contributed by atoms with van der Waals surface area (Å²) >= 11 is 6.01. The molecule has 94 valence electrons. The summed E-state index contributed by atoms with van der Waals surface area (Å²) in [5, 5.41) is 20.3. The summed E-state index contributed by atoms with van der Waals surface area (Å²) < 4.78 is 1.53. The minimum absolute atomic E-state index is 0.0728. The number of tetrazole rings is 1. The van der Waals surface area contributed by atoms with Crippen molar-refractivity contribution in [1.82, 2.24) is 25.2 Å². The van der Waals surface area contributed by atoms with Crippen LogP contribution in [0.1, 0.15) is 12.8 Å². The van der Waals surface area contributed by atoms with Crippen LogP contribution in [0.4, 0.5) is 0 Å². The van der Waals surface area contributed by atoms with Crippen LogP contribution in [-0.2, 0) is 11.3 Å². The SMILES string of the molecule is O=C(O)CCCn1nnnc1-c1ccncc1Cl. The van der Waals surface area contributed by atoms with Crippen LogP contribution in [0.3, 0.4) is 0 Å². The number of nitrogens with zero attached hydrogens (tertiary/aromatic N) is 5. The molecule has 0 aliphatic heterocycles. The quantitative estimate of drug-likeness (QED) is 0.876. The molecule has 2 heterocycles. The smallest absolute Gasteiger partial charge is 0.303 e. The van der Waals surface area contributed by atoms with Gasteiger partial charge in [0.1, 0.15) is 0 Å². The molecular weight excluding hydrogens is 258 g/mol. The molecule has 0 unspecified atom stereocenters. The Morgan fingerprint density at radius 3 is 3.06 bits per heavy atom. The number of carboxylic acids is 1. The van der Waals surface area contributed by atoms with Crippen LogP contribution >= 0.6 is 11.6 Å². The van der Waals surface area contributed by atoms with Crippen LogP contribution in [-0.4, -0.2) is 36.3 Å². The maximum absolute atomic E-state index is 10.4. The predicted molar refractivity (Wildman–Crippen MR) is 62.9 cm³/mol. The molecule has 8 heteroatoms. The van der Waals surface area contributed by atoms with Crippen molar-refractivity contribution in [1.29, 1.82) is 0 Å². The highest BCUT2D eigenvalue weighted by molar-refractivity contribution is 6.33. The molecule has 18 heavy (non-hydrogen) atoms. The van der Waals surface area contributed by atoms with E-state index in [1.165, 1.54) is 10.9 Å². The Morgan fingerprint density at radius 2 is 2.33 bits per heavy atom. The van der Waals surface area contributed by atoms with Gasteiger partial charge in [-0.2, -0.15) is 0 Å². The van der Waals surface area contributed by atoms with Gasteiger partial charge in [-0.3, -0.25) is 9.78 Å². The number of pyridine rings is 1. The summed E-state index contributed by atoms with van der Waals surface area (Å²) in [6.45, 7) is 0.424. The van der Waals surface area contributed by atoms with Crippen molar-refractivity contribution in [2.75, 3.05) is 0 Å². The van der Waals surface area contributed by atoms with Crippen LogP contribution in [0.5, 0.6) is 0 Å². The molecule has 0 aliphatic rings. The van der Waals surface area contributed by atoms with E-state index in [0.717, 1.165) is 0 Å². The molecule has 0 spiro atoms. The second kappa shape index (κ2) is 5.54. The van der Waals surface area contributed by atoms with Crippen LogP contribution in [0.15, 0.2) is 18.5 Å². The molecule has 0 atom stereocenters. The van der Waals surface area contributed by atoms with Gasteiger partial charge in [0, 0.05) is 30.9 Å². The molecule has 0 amide bonds. The molecule has 2 aromatic rings. The lowest BCUT2D eigenvalue weighted by atomic mass is 10.2. The summed E-state index contributed by atoms with van der Waals surface area (Å²) in [7, 11) is 0. The van der Waals surface area contributed by atoms with Crippen LogP contribution in [0.25, 0.3) is 11.4 Å². The average Bonchev–Trinajstić information content (AvgIpc) is 2.77. The fourth-order valence-corrected chi connectivity index (χ4v) is 1.69. The number of rotatable bonds is 5. The van der Waals surface area contributed by atoms with Gasteiger partial charge in [-0.25, -0.2) is 4.68 Å². The third-order valence-corrected chi connectivity index (χ3v) is 2.61. The zero-order chi connectivity index (χ0) is 13.0. The first-order valence-electron chi connectivity index (χ1n) is 5.26. The van der Waals surface area contributed by atoms with E-state index in [-0.39, 0.29) is 6.42 Å². The number of aryl methyl sites for hydroxylation is 1. The normalized spacial score (nSPS) is 10.5. The van der Waals surface area contributed by atoms with Gasteiger partial charge in [-0.15, -0.1) is 5.10 Å². The fourth-order valence-electron chi connectivity index (χ4n) is 1.48. The summed E-state index contributed by atoms with van der Waals surface area (Å²) in [5.41, 5.74) is 0.673. The number of carbonyl (C=O) groups is 1. The third kappa shape index (κ3) is 2.80. The van der Waals surface area contributed by atoms with E-state index in [4.69, 9.17) is 16.7 Å². The minimum Gasteiger partial charge on any atom is -0.481 e. The Labute approximate surface area is 107 Å². The Bertz CT molecular complexity index is 557. The van der Waals surface area contributed by atoms with Gasteiger partial charge >= 0.3 is 5.97 Å². The van der Waals surface area contributed by atoms with E-state index >= 15 is 0 Å². The second-order valence-electron chi connectivity index (χ2n) is 3.58. The minimum atomic E-state index is -0.841. The highest BCUT2D eigenvalue weighted by Crippen LogP contribution is 2.24. The van der Waals surface area contributed by atoms with Crippen molar-refractivity contribution in [3.8, 4) is 11.4 Å². The van der Waals surface area contributed by atoms with Gasteiger partial charge in [0.25, 0.3) is 0 Å². The van der Waals surface area contributed by atoms with E-state index in [9.17, 15) is 4.79 Å². The van der Waals surface area contributed by atoms with Crippen LogP contribution in [0.2, 0.25) is 5.02 Å². The average molecular weight is 268 g/mol. The molecule has 0 saturated heterocycles. The lowest BCUT2D eigenvalue weighted by Crippen LogP contribution is -2.05.